The molecule has 0 fully saturated rings. The molecule has 0 aliphatic carbocycles. The van der Waals surface area contributed by atoms with E-state index in [0.717, 1.165) is 72.2 Å². The first kappa shape index (κ1) is 27.0. The van der Waals surface area contributed by atoms with E-state index in [1.807, 2.05) is 59.9 Å². The Labute approximate surface area is 279 Å². The first-order chi connectivity index (χ1) is 23.8. The fraction of sp³-hybridized carbons (Fsp3) is 0. The molecule has 0 saturated heterocycles. The molecule has 4 nitrogen and oxygen atoms in total. The highest BCUT2D eigenvalue weighted by Crippen LogP contribution is 2.46. The molecule has 0 saturated carbocycles. The first-order valence-corrected chi connectivity index (χ1v) is 16.8. The third-order valence-electron chi connectivity index (χ3n) is 9.10. The number of hydrogen-bond acceptors (Lipinski definition) is 5. The number of furan rings is 1. The van der Waals surface area contributed by atoms with E-state index < -0.39 is 0 Å². The Morgan fingerprint density at radius 3 is 1.98 bits per heavy atom. The molecule has 0 atom stereocenters. The molecule has 0 unspecified atom stereocenters. The van der Waals surface area contributed by atoms with Gasteiger partial charge in [0.05, 0.1) is 0 Å². The molecule has 0 amide bonds. The molecule has 7 aromatic carbocycles. The second-order valence-corrected chi connectivity index (χ2v) is 13.0. The number of rotatable bonds is 5. The van der Waals surface area contributed by atoms with Crippen molar-refractivity contribution in [2.75, 3.05) is 4.90 Å². The van der Waals surface area contributed by atoms with Crippen molar-refractivity contribution in [1.82, 2.24) is 4.98 Å². The van der Waals surface area contributed by atoms with Crippen LogP contribution in [0.5, 0.6) is 0 Å². The molecule has 0 bridgehead atoms. The Morgan fingerprint density at radius 1 is 0.479 bits per heavy atom. The van der Waals surface area contributed by atoms with Crippen molar-refractivity contribution in [3.63, 3.8) is 0 Å². The Hall–Kier alpha value is -6.17. The quantitative estimate of drug-likeness (QED) is 0.189. The minimum Gasteiger partial charge on any atom is -0.456 e. The van der Waals surface area contributed by atoms with Crippen LogP contribution in [-0.2, 0) is 0 Å². The van der Waals surface area contributed by atoms with Crippen LogP contribution in [0.2, 0.25) is 0 Å². The number of nitrogens with zero attached hydrogens (tertiary/aromatic N) is 2. The van der Waals surface area contributed by atoms with Gasteiger partial charge < -0.3 is 13.7 Å². The summed E-state index contributed by atoms with van der Waals surface area (Å²) in [6, 6.07) is 54.8. The van der Waals surface area contributed by atoms with Gasteiger partial charge in [0.1, 0.15) is 16.7 Å². The van der Waals surface area contributed by atoms with Gasteiger partial charge in [-0.3, -0.25) is 0 Å². The van der Waals surface area contributed by atoms with Crippen LogP contribution in [0.3, 0.4) is 0 Å². The number of benzene rings is 7. The van der Waals surface area contributed by atoms with Crippen LogP contribution >= 0.6 is 11.3 Å². The van der Waals surface area contributed by atoms with Crippen molar-refractivity contribution < 1.29 is 8.83 Å². The Kier molecular flexibility index (Phi) is 6.01. The number of aromatic nitrogens is 1. The summed E-state index contributed by atoms with van der Waals surface area (Å²) in [4.78, 5) is 7.31. The maximum atomic E-state index is 6.45. The number of para-hydroxylation sites is 2. The molecular formula is C43H26N2O2S. The number of thiophene rings is 1. The molecule has 226 valence electrons. The minimum atomic E-state index is 0.634. The summed E-state index contributed by atoms with van der Waals surface area (Å²) in [7, 11) is 0. The number of hydrogen-bond donors (Lipinski definition) is 0. The second-order valence-electron chi connectivity index (χ2n) is 12.0. The standard InChI is InChI=1S/C43H26N2O2S/c1-3-11-28(12-4-1)43-44-41-38(47-43)26-35(42-40(41)34-16-8-10-18-39(34)48-42)27-19-21-30(22-20-27)45(29-13-5-2-6-14-29)31-23-24-33-32-15-7-9-17-36(32)46-37(33)25-31/h1-26H. The van der Waals surface area contributed by atoms with E-state index in [0.29, 0.717) is 5.89 Å². The van der Waals surface area contributed by atoms with Gasteiger partial charge in [-0.25, -0.2) is 4.98 Å². The lowest BCUT2D eigenvalue weighted by Gasteiger charge is -2.25. The van der Waals surface area contributed by atoms with Crippen LogP contribution in [0, 0.1) is 0 Å². The SMILES string of the molecule is c1ccc(-c2nc3c(cc(-c4ccc(N(c5ccccc5)c5ccc6c(c5)oc5ccccc56)cc4)c4sc5ccccc5c43)o2)cc1. The minimum absolute atomic E-state index is 0.634. The van der Waals surface area contributed by atoms with Crippen molar-refractivity contribution in [3.05, 3.63) is 158 Å². The van der Waals surface area contributed by atoms with E-state index in [2.05, 4.69) is 114 Å². The smallest absolute Gasteiger partial charge is 0.227 e. The fourth-order valence-electron chi connectivity index (χ4n) is 6.86. The molecule has 0 aliphatic heterocycles. The molecule has 10 aromatic rings. The lowest BCUT2D eigenvalue weighted by atomic mass is 10.0. The molecule has 10 rings (SSSR count). The van der Waals surface area contributed by atoms with E-state index in [1.54, 1.807) is 0 Å². The third-order valence-corrected chi connectivity index (χ3v) is 10.3. The molecule has 5 heteroatoms. The average molecular weight is 635 g/mol. The van der Waals surface area contributed by atoms with Crippen LogP contribution < -0.4 is 4.90 Å². The predicted molar refractivity (Wildman–Crippen MR) is 200 cm³/mol. The van der Waals surface area contributed by atoms with Gasteiger partial charge in [0.15, 0.2) is 5.58 Å². The highest BCUT2D eigenvalue weighted by atomic mass is 32.1. The zero-order valence-corrected chi connectivity index (χ0v) is 26.4. The molecule has 0 N–H and O–H groups in total. The predicted octanol–water partition coefficient (Wildman–Crippen LogP) is 12.9. The Bertz CT molecular complexity index is 2780. The summed E-state index contributed by atoms with van der Waals surface area (Å²) >= 11 is 1.81. The summed E-state index contributed by atoms with van der Waals surface area (Å²) in [5, 5.41) is 4.58. The Balaban J connectivity index is 1.13. The summed E-state index contributed by atoms with van der Waals surface area (Å²) in [5.41, 5.74) is 9.84. The van der Waals surface area contributed by atoms with Crippen LogP contribution in [0.4, 0.5) is 17.1 Å². The monoisotopic (exact) mass is 634 g/mol. The highest BCUT2D eigenvalue weighted by Gasteiger charge is 2.20. The molecule has 3 heterocycles. The van der Waals surface area contributed by atoms with Crippen molar-refractivity contribution in [1.29, 1.82) is 0 Å². The summed E-state index contributed by atoms with van der Waals surface area (Å²) < 4.78 is 15.2. The first-order valence-electron chi connectivity index (χ1n) is 16.0. The molecule has 48 heavy (non-hydrogen) atoms. The van der Waals surface area contributed by atoms with E-state index >= 15 is 0 Å². The van der Waals surface area contributed by atoms with Gasteiger partial charge in [0.25, 0.3) is 0 Å². The average Bonchev–Trinajstić information content (AvgIpc) is 3.86. The van der Waals surface area contributed by atoms with Crippen LogP contribution in [0.15, 0.2) is 167 Å². The third kappa shape index (κ3) is 4.25. The Morgan fingerprint density at radius 2 is 1.15 bits per heavy atom. The lowest BCUT2D eigenvalue weighted by Crippen LogP contribution is -2.09. The fourth-order valence-corrected chi connectivity index (χ4v) is 8.10. The van der Waals surface area contributed by atoms with Crippen molar-refractivity contribution in [3.8, 4) is 22.6 Å². The van der Waals surface area contributed by atoms with Gasteiger partial charge in [0, 0.05) is 65.2 Å². The van der Waals surface area contributed by atoms with Gasteiger partial charge in [-0.1, -0.05) is 84.9 Å². The van der Waals surface area contributed by atoms with Crippen LogP contribution in [0.1, 0.15) is 0 Å². The van der Waals surface area contributed by atoms with Gasteiger partial charge in [0.2, 0.25) is 5.89 Å². The summed E-state index contributed by atoms with van der Waals surface area (Å²) in [5.74, 6) is 0.634. The maximum Gasteiger partial charge on any atom is 0.227 e. The number of oxazole rings is 1. The normalized spacial score (nSPS) is 11.8. The van der Waals surface area contributed by atoms with E-state index in [9.17, 15) is 0 Å². The second kappa shape index (κ2) is 10.7. The van der Waals surface area contributed by atoms with Crippen LogP contribution in [0.25, 0.3) is 75.8 Å². The molecule has 0 aliphatic rings. The zero-order chi connectivity index (χ0) is 31.6. The van der Waals surface area contributed by atoms with Gasteiger partial charge >= 0.3 is 0 Å². The molecular weight excluding hydrogens is 609 g/mol. The van der Waals surface area contributed by atoms with E-state index in [4.69, 9.17) is 13.8 Å². The van der Waals surface area contributed by atoms with E-state index in [1.165, 1.54) is 14.8 Å². The topological polar surface area (TPSA) is 42.4 Å². The van der Waals surface area contributed by atoms with E-state index in [-0.39, 0.29) is 0 Å². The number of anilines is 3. The van der Waals surface area contributed by atoms with Crippen LogP contribution in [-0.4, -0.2) is 4.98 Å². The highest BCUT2D eigenvalue weighted by molar-refractivity contribution is 7.26. The zero-order valence-electron chi connectivity index (χ0n) is 25.6. The maximum absolute atomic E-state index is 6.45. The van der Waals surface area contributed by atoms with Gasteiger partial charge in [-0.15, -0.1) is 11.3 Å². The summed E-state index contributed by atoms with van der Waals surface area (Å²) in [6.45, 7) is 0. The lowest BCUT2D eigenvalue weighted by molar-refractivity contribution is 0.620. The van der Waals surface area contributed by atoms with Crippen molar-refractivity contribution >= 4 is 81.6 Å². The van der Waals surface area contributed by atoms with Crippen molar-refractivity contribution in [2.45, 2.75) is 0 Å². The molecule has 3 aromatic heterocycles. The molecule has 0 radical (unpaired) electrons. The van der Waals surface area contributed by atoms with Gasteiger partial charge in [-0.05, 0) is 72.3 Å². The van der Waals surface area contributed by atoms with Gasteiger partial charge in [-0.2, -0.15) is 0 Å². The number of fused-ring (bicyclic) bond motifs is 8. The summed E-state index contributed by atoms with van der Waals surface area (Å²) in [6.07, 6.45) is 0. The van der Waals surface area contributed by atoms with Crippen molar-refractivity contribution in [2.24, 2.45) is 0 Å². The largest absolute Gasteiger partial charge is 0.456 e. The molecule has 0 spiro atoms.